The van der Waals surface area contributed by atoms with Crippen molar-refractivity contribution in [3.05, 3.63) is 53.6 Å². The average molecular weight is 429 g/mol. The minimum Gasteiger partial charge on any atom is -0.497 e. The van der Waals surface area contributed by atoms with Crippen LogP contribution in [0.4, 0.5) is 0 Å². The number of ether oxygens (including phenoxy) is 1. The van der Waals surface area contributed by atoms with Crippen molar-refractivity contribution < 1.29 is 9.53 Å². The average Bonchev–Trinajstić information content (AvgIpc) is 3.35. The predicted molar refractivity (Wildman–Crippen MR) is 115 cm³/mol. The second-order valence-electron chi connectivity index (χ2n) is 6.65. The molecule has 4 rings (SSSR count). The SMILES string of the molecule is COc1ccc(-n2c(SCCN3CCCC3=O)nnc2-c2ccccc2Cl)cc1. The fraction of sp³-hybridized carbons (Fsp3) is 0.286. The van der Waals surface area contributed by atoms with Gasteiger partial charge in [0.25, 0.3) is 0 Å². The normalized spacial score (nSPS) is 13.9. The molecule has 1 fully saturated rings. The summed E-state index contributed by atoms with van der Waals surface area (Å²) < 4.78 is 7.28. The van der Waals surface area contributed by atoms with E-state index in [1.165, 1.54) is 0 Å². The lowest BCUT2D eigenvalue weighted by atomic mass is 10.2. The van der Waals surface area contributed by atoms with E-state index in [-0.39, 0.29) is 5.91 Å². The summed E-state index contributed by atoms with van der Waals surface area (Å²) in [4.78, 5) is 13.8. The predicted octanol–water partition coefficient (Wildman–Crippen LogP) is 4.31. The minimum absolute atomic E-state index is 0.235. The molecule has 0 radical (unpaired) electrons. The van der Waals surface area contributed by atoms with Crippen molar-refractivity contribution in [3.63, 3.8) is 0 Å². The molecule has 0 aliphatic carbocycles. The number of aromatic nitrogens is 3. The highest BCUT2D eigenvalue weighted by atomic mass is 35.5. The molecule has 2 heterocycles. The number of methoxy groups -OCH3 is 1. The van der Waals surface area contributed by atoms with Crippen LogP contribution in [0.25, 0.3) is 17.1 Å². The summed E-state index contributed by atoms with van der Waals surface area (Å²) in [6.45, 7) is 1.55. The lowest BCUT2D eigenvalue weighted by molar-refractivity contribution is -0.127. The molecule has 0 bridgehead atoms. The molecule has 1 saturated heterocycles. The molecule has 2 aromatic carbocycles. The summed E-state index contributed by atoms with van der Waals surface area (Å²) in [7, 11) is 1.64. The zero-order valence-electron chi connectivity index (χ0n) is 16.0. The van der Waals surface area contributed by atoms with Crippen LogP contribution in [0, 0.1) is 0 Å². The molecule has 0 N–H and O–H groups in total. The summed E-state index contributed by atoms with van der Waals surface area (Å²) in [5.41, 5.74) is 1.74. The van der Waals surface area contributed by atoms with Crippen molar-refractivity contribution in [1.29, 1.82) is 0 Å². The number of carbonyl (C=O) groups is 1. The van der Waals surface area contributed by atoms with E-state index in [2.05, 4.69) is 10.2 Å². The summed E-state index contributed by atoms with van der Waals surface area (Å²) in [5, 5.41) is 10.2. The number of carbonyl (C=O) groups excluding carboxylic acids is 1. The Morgan fingerprint density at radius 2 is 1.93 bits per heavy atom. The molecule has 1 aliphatic heterocycles. The third-order valence-electron chi connectivity index (χ3n) is 4.84. The lowest BCUT2D eigenvalue weighted by Crippen LogP contribution is -2.27. The number of hydrogen-bond donors (Lipinski definition) is 0. The maximum Gasteiger partial charge on any atom is 0.222 e. The van der Waals surface area contributed by atoms with Crippen LogP contribution in [0.1, 0.15) is 12.8 Å². The number of amides is 1. The van der Waals surface area contributed by atoms with Gasteiger partial charge in [0.1, 0.15) is 5.75 Å². The Bertz CT molecular complexity index is 1010. The van der Waals surface area contributed by atoms with Gasteiger partial charge in [-0.15, -0.1) is 10.2 Å². The van der Waals surface area contributed by atoms with Crippen LogP contribution in [-0.2, 0) is 4.79 Å². The lowest BCUT2D eigenvalue weighted by Gasteiger charge is -2.15. The molecule has 0 saturated carbocycles. The quantitative estimate of drug-likeness (QED) is 0.525. The summed E-state index contributed by atoms with van der Waals surface area (Å²) in [5.74, 6) is 2.45. The number of thioether (sulfide) groups is 1. The van der Waals surface area contributed by atoms with Crippen LogP contribution < -0.4 is 4.74 Å². The van der Waals surface area contributed by atoms with Crippen LogP contribution in [0.5, 0.6) is 5.75 Å². The summed E-state index contributed by atoms with van der Waals surface area (Å²) >= 11 is 8.01. The molecule has 3 aromatic rings. The summed E-state index contributed by atoms with van der Waals surface area (Å²) in [6, 6.07) is 15.3. The van der Waals surface area contributed by atoms with Crippen molar-refractivity contribution in [2.45, 2.75) is 18.0 Å². The van der Waals surface area contributed by atoms with Gasteiger partial charge in [-0.1, -0.05) is 35.5 Å². The van der Waals surface area contributed by atoms with E-state index < -0.39 is 0 Å². The number of nitrogens with zero attached hydrogens (tertiary/aromatic N) is 4. The molecule has 29 heavy (non-hydrogen) atoms. The maximum atomic E-state index is 11.8. The fourth-order valence-electron chi connectivity index (χ4n) is 3.33. The molecule has 6 nitrogen and oxygen atoms in total. The van der Waals surface area contributed by atoms with E-state index in [0.29, 0.717) is 23.8 Å². The Balaban J connectivity index is 1.65. The molecular weight excluding hydrogens is 408 g/mol. The molecule has 1 amide bonds. The van der Waals surface area contributed by atoms with Crippen molar-refractivity contribution >= 4 is 29.3 Å². The van der Waals surface area contributed by atoms with Crippen molar-refractivity contribution in [3.8, 4) is 22.8 Å². The number of benzene rings is 2. The van der Waals surface area contributed by atoms with Gasteiger partial charge < -0.3 is 9.64 Å². The van der Waals surface area contributed by atoms with Crippen LogP contribution in [0.15, 0.2) is 53.7 Å². The minimum atomic E-state index is 0.235. The Labute approximate surface area is 178 Å². The first-order valence-electron chi connectivity index (χ1n) is 9.42. The Morgan fingerprint density at radius 1 is 1.14 bits per heavy atom. The smallest absolute Gasteiger partial charge is 0.222 e. The highest BCUT2D eigenvalue weighted by Gasteiger charge is 2.21. The highest BCUT2D eigenvalue weighted by molar-refractivity contribution is 7.99. The largest absolute Gasteiger partial charge is 0.497 e. The first kappa shape index (κ1) is 19.8. The van der Waals surface area contributed by atoms with E-state index in [4.69, 9.17) is 16.3 Å². The van der Waals surface area contributed by atoms with Crippen LogP contribution in [-0.4, -0.2) is 51.5 Å². The van der Waals surface area contributed by atoms with E-state index in [0.717, 1.165) is 40.9 Å². The van der Waals surface area contributed by atoms with E-state index in [1.54, 1.807) is 18.9 Å². The maximum absolute atomic E-state index is 11.8. The Kier molecular flexibility index (Phi) is 6.06. The third kappa shape index (κ3) is 4.26. The molecule has 0 spiro atoms. The number of halogens is 1. The first-order chi connectivity index (χ1) is 14.2. The number of rotatable bonds is 7. The highest BCUT2D eigenvalue weighted by Crippen LogP contribution is 2.32. The molecule has 8 heteroatoms. The van der Waals surface area contributed by atoms with Crippen LogP contribution in [0.3, 0.4) is 0 Å². The second kappa shape index (κ2) is 8.88. The van der Waals surface area contributed by atoms with Gasteiger partial charge in [-0.25, -0.2) is 0 Å². The zero-order chi connectivity index (χ0) is 20.2. The Morgan fingerprint density at radius 3 is 2.62 bits per heavy atom. The van der Waals surface area contributed by atoms with Crippen LogP contribution in [0.2, 0.25) is 5.02 Å². The summed E-state index contributed by atoms with van der Waals surface area (Å²) in [6.07, 6.45) is 1.60. The first-order valence-corrected chi connectivity index (χ1v) is 10.8. The van der Waals surface area contributed by atoms with Crippen molar-refractivity contribution in [1.82, 2.24) is 19.7 Å². The molecule has 0 unspecified atom stereocenters. The van der Waals surface area contributed by atoms with Gasteiger partial charge in [-0.3, -0.25) is 9.36 Å². The molecular formula is C21H21ClN4O2S. The molecule has 1 aliphatic rings. The Hall–Kier alpha value is -2.51. The molecule has 0 atom stereocenters. The van der Waals surface area contributed by atoms with E-state index in [1.807, 2.05) is 58.0 Å². The van der Waals surface area contributed by atoms with Crippen LogP contribution >= 0.6 is 23.4 Å². The van der Waals surface area contributed by atoms with E-state index >= 15 is 0 Å². The van der Waals surface area contributed by atoms with Gasteiger partial charge in [0, 0.05) is 36.5 Å². The monoisotopic (exact) mass is 428 g/mol. The van der Waals surface area contributed by atoms with Crippen molar-refractivity contribution in [2.75, 3.05) is 26.0 Å². The van der Waals surface area contributed by atoms with Gasteiger partial charge in [0.15, 0.2) is 11.0 Å². The second-order valence-corrected chi connectivity index (χ2v) is 8.12. The number of hydrogen-bond acceptors (Lipinski definition) is 5. The van der Waals surface area contributed by atoms with Crippen molar-refractivity contribution in [2.24, 2.45) is 0 Å². The molecule has 150 valence electrons. The standard InChI is InChI=1S/C21H21ClN4O2S/c1-28-16-10-8-15(9-11-16)26-20(17-5-2-3-6-18(17)22)23-24-21(26)29-14-13-25-12-4-7-19(25)27/h2-3,5-6,8-11H,4,7,12-14H2,1H3. The fourth-order valence-corrected chi connectivity index (χ4v) is 4.47. The van der Waals surface area contributed by atoms with Gasteiger partial charge in [-0.05, 0) is 42.8 Å². The third-order valence-corrected chi connectivity index (χ3v) is 6.08. The number of likely N-dealkylation sites (tertiary alicyclic amines) is 1. The zero-order valence-corrected chi connectivity index (χ0v) is 17.6. The van der Waals surface area contributed by atoms with Gasteiger partial charge in [0.05, 0.1) is 12.1 Å². The topological polar surface area (TPSA) is 60.2 Å². The van der Waals surface area contributed by atoms with Gasteiger partial charge in [0.2, 0.25) is 5.91 Å². The molecule has 1 aromatic heterocycles. The van der Waals surface area contributed by atoms with E-state index in [9.17, 15) is 4.79 Å². The van der Waals surface area contributed by atoms with Gasteiger partial charge in [-0.2, -0.15) is 0 Å². The van der Waals surface area contributed by atoms with Gasteiger partial charge >= 0.3 is 0 Å².